The van der Waals surface area contributed by atoms with Crippen molar-refractivity contribution in [2.24, 2.45) is 7.05 Å². The van der Waals surface area contributed by atoms with Crippen LogP contribution in [0.5, 0.6) is 0 Å². The third-order valence-corrected chi connectivity index (χ3v) is 3.81. The summed E-state index contributed by atoms with van der Waals surface area (Å²) in [5.74, 6) is 0.820. The van der Waals surface area contributed by atoms with Crippen LogP contribution in [-0.2, 0) is 7.05 Å². The molecule has 3 N–H and O–H groups in total. The van der Waals surface area contributed by atoms with Gasteiger partial charge in [0, 0.05) is 24.4 Å². The molecule has 0 aliphatic heterocycles. The fourth-order valence-electron chi connectivity index (χ4n) is 2.45. The maximum atomic E-state index is 13.3. The number of nitrogens with one attached hydrogen (secondary N) is 1. The molecule has 2 heterocycles. The zero-order valence-electron chi connectivity index (χ0n) is 12.6. The number of aromatic nitrogens is 3. The van der Waals surface area contributed by atoms with Crippen molar-refractivity contribution in [3.63, 3.8) is 0 Å². The van der Waals surface area contributed by atoms with Crippen LogP contribution in [0.25, 0.3) is 11.1 Å². The molecule has 2 aromatic heterocycles. The van der Waals surface area contributed by atoms with Crippen LogP contribution in [0.1, 0.15) is 5.69 Å². The molecule has 0 fully saturated rings. The SMILES string of the molecule is Cc1nn(C)c(Nc2ncccc2N)c1-c1ccc(F)cc1Cl. The molecule has 0 aliphatic carbocycles. The van der Waals surface area contributed by atoms with Crippen molar-refractivity contribution in [2.45, 2.75) is 6.92 Å². The van der Waals surface area contributed by atoms with E-state index in [1.54, 1.807) is 36.1 Å². The Morgan fingerprint density at radius 3 is 2.78 bits per heavy atom. The minimum atomic E-state index is -0.385. The van der Waals surface area contributed by atoms with Gasteiger partial charge in [-0.2, -0.15) is 5.10 Å². The summed E-state index contributed by atoms with van der Waals surface area (Å²) in [6, 6.07) is 7.79. The number of nitrogen functional groups attached to an aromatic ring is 1. The van der Waals surface area contributed by atoms with E-state index in [1.807, 2.05) is 6.92 Å². The highest BCUT2D eigenvalue weighted by Crippen LogP contribution is 2.37. The standard InChI is InChI=1S/C16H15ClFN5/c1-9-14(11-6-5-10(18)8-12(11)17)16(23(2)22-9)21-15-13(19)4-3-7-20-15/h3-8H,19H2,1-2H3,(H,20,21). The third kappa shape index (κ3) is 2.85. The van der Waals surface area contributed by atoms with E-state index in [4.69, 9.17) is 17.3 Å². The fraction of sp³-hybridized carbons (Fsp3) is 0.125. The number of anilines is 3. The summed E-state index contributed by atoms with van der Waals surface area (Å²) in [7, 11) is 1.80. The molecule has 0 saturated heterocycles. The van der Waals surface area contributed by atoms with Gasteiger partial charge < -0.3 is 11.1 Å². The van der Waals surface area contributed by atoms with Crippen LogP contribution in [0, 0.1) is 12.7 Å². The van der Waals surface area contributed by atoms with Crippen LogP contribution in [0.2, 0.25) is 5.02 Å². The van der Waals surface area contributed by atoms with Crippen LogP contribution in [0.15, 0.2) is 36.5 Å². The summed E-state index contributed by atoms with van der Waals surface area (Å²) in [5.41, 5.74) is 8.68. The number of rotatable bonds is 3. The first kappa shape index (κ1) is 15.3. The van der Waals surface area contributed by atoms with Gasteiger partial charge in [-0.3, -0.25) is 4.68 Å². The van der Waals surface area contributed by atoms with E-state index in [0.29, 0.717) is 27.9 Å². The van der Waals surface area contributed by atoms with Gasteiger partial charge in [-0.1, -0.05) is 11.6 Å². The van der Waals surface area contributed by atoms with Crippen molar-refractivity contribution in [3.05, 3.63) is 53.1 Å². The lowest BCUT2D eigenvalue weighted by molar-refractivity contribution is 0.628. The van der Waals surface area contributed by atoms with Gasteiger partial charge in [0.2, 0.25) is 0 Å². The second-order valence-electron chi connectivity index (χ2n) is 5.12. The predicted molar refractivity (Wildman–Crippen MR) is 90.3 cm³/mol. The van der Waals surface area contributed by atoms with Gasteiger partial charge >= 0.3 is 0 Å². The molecule has 0 spiro atoms. The Hall–Kier alpha value is -2.60. The van der Waals surface area contributed by atoms with E-state index in [-0.39, 0.29) is 5.82 Å². The number of halogens is 2. The normalized spacial score (nSPS) is 10.8. The van der Waals surface area contributed by atoms with Gasteiger partial charge in [-0.05, 0) is 37.3 Å². The monoisotopic (exact) mass is 331 g/mol. The van der Waals surface area contributed by atoms with Crippen LogP contribution in [-0.4, -0.2) is 14.8 Å². The van der Waals surface area contributed by atoms with Crippen molar-refractivity contribution in [1.82, 2.24) is 14.8 Å². The van der Waals surface area contributed by atoms with E-state index in [1.165, 1.54) is 12.1 Å². The molecule has 5 nitrogen and oxygen atoms in total. The Labute approximate surface area is 137 Å². The van der Waals surface area contributed by atoms with Crippen LogP contribution < -0.4 is 11.1 Å². The predicted octanol–water partition coefficient (Wildman–Crippen LogP) is 3.91. The zero-order valence-corrected chi connectivity index (χ0v) is 13.4. The topological polar surface area (TPSA) is 68.8 Å². The minimum absolute atomic E-state index is 0.318. The summed E-state index contributed by atoms with van der Waals surface area (Å²) in [6.07, 6.45) is 1.65. The number of aryl methyl sites for hydroxylation is 2. The second-order valence-corrected chi connectivity index (χ2v) is 5.53. The number of pyridine rings is 1. The lowest BCUT2D eigenvalue weighted by atomic mass is 10.1. The van der Waals surface area contributed by atoms with E-state index >= 15 is 0 Å². The third-order valence-electron chi connectivity index (χ3n) is 3.50. The zero-order chi connectivity index (χ0) is 16.6. The Morgan fingerprint density at radius 2 is 2.09 bits per heavy atom. The first-order chi connectivity index (χ1) is 11.0. The number of hydrogen-bond donors (Lipinski definition) is 2. The molecule has 0 unspecified atom stereocenters. The maximum absolute atomic E-state index is 13.3. The van der Waals surface area contributed by atoms with Gasteiger partial charge in [-0.25, -0.2) is 9.37 Å². The van der Waals surface area contributed by atoms with E-state index in [9.17, 15) is 4.39 Å². The molecule has 0 amide bonds. The summed E-state index contributed by atoms with van der Waals surface area (Å²) in [4.78, 5) is 4.23. The molecular weight excluding hydrogens is 317 g/mol. The average Bonchev–Trinajstić information content (AvgIpc) is 2.76. The lowest BCUT2D eigenvalue weighted by Crippen LogP contribution is -2.04. The Bertz CT molecular complexity index is 875. The molecule has 0 radical (unpaired) electrons. The quantitative estimate of drug-likeness (QED) is 0.763. The summed E-state index contributed by atoms with van der Waals surface area (Å²) < 4.78 is 15.0. The Balaban J connectivity index is 2.13. The van der Waals surface area contributed by atoms with Gasteiger partial charge in [0.15, 0.2) is 5.82 Å². The van der Waals surface area contributed by atoms with Crippen molar-refractivity contribution < 1.29 is 4.39 Å². The summed E-state index contributed by atoms with van der Waals surface area (Å²) >= 11 is 6.21. The number of hydrogen-bond acceptors (Lipinski definition) is 4. The highest BCUT2D eigenvalue weighted by Gasteiger charge is 2.19. The smallest absolute Gasteiger partial charge is 0.154 e. The Morgan fingerprint density at radius 1 is 1.30 bits per heavy atom. The van der Waals surface area contributed by atoms with Crippen molar-refractivity contribution in [2.75, 3.05) is 11.1 Å². The van der Waals surface area contributed by atoms with Crippen LogP contribution in [0.3, 0.4) is 0 Å². The Kier molecular flexibility index (Phi) is 3.92. The lowest BCUT2D eigenvalue weighted by Gasteiger charge is -2.12. The number of nitrogens with two attached hydrogens (primary N) is 1. The fourth-order valence-corrected chi connectivity index (χ4v) is 2.71. The summed E-state index contributed by atoms with van der Waals surface area (Å²) in [6.45, 7) is 1.86. The van der Waals surface area contributed by atoms with Gasteiger partial charge in [0.25, 0.3) is 0 Å². The van der Waals surface area contributed by atoms with Crippen molar-refractivity contribution in [3.8, 4) is 11.1 Å². The summed E-state index contributed by atoms with van der Waals surface area (Å²) in [5, 5.41) is 7.91. The van der Waals surface area contributed by atoms with Crippen LogP contribution >= 0.6 is 11.6 Å². The van der Waals surface area contributed by atoms with Gasteiger partial charge in [-0.15, -0.1) is 0 Å². The maximum Gasteiger partial charge on any atom is 0.154 e. The molecule has 0 saturated carbocycles. The molecule has 3 rings (SSSR count). The van der Waals surface area contributed by atoms with E-state index in [0.717, 1.165) is 11.3 Å². The molecule has 3 aromatic rings. The highest BCUT2D eigenvalue weighted by molar-refractivity contribution is 6.33. The average molecular weight is 332 g/mol. The highest BCUT2D eigenvalue weighted by atomic mass is 35.5. The molecule has 0 bridgehead atoms. The molecule has 0 aliphatic rings. The number of nitrogens with zero attached hydrogens (tertiary/aromatic N) is 3. The van der Waals surface area contributed by atoms with Crippen molar-refractivity contribution >= 4 is 28.9 Å². The molecule has 0 atom stereocenters. The molecule has 1 aromatic carbocycles. The molecular formula is C16H15ClFN5. The first-order valence-corrected chi connectivity index (χ1v) is 7.31. The van der Waals surface area contributed by atoms with E-state index in [2.05, 4.69) is 15.4 Å². The van der Waals surface area contributed by atoms with Gasteiger partial charge in [0.05, 0.1) is 16.4 Å². The van der Waals surface area contributed by atoms with Gasteiger partial charge in [0.1, 0.15) is 11.6 Å². The van der Waals surface area contributed by atoms with Crippen LogP contribution in [0.4, 0.5) is 21.7 Å². The minimum Gasteiger partial charge on any atom is -0.396 e. The molecule has 7 heteroatoms. The number of benzene rings is 1. The van der Waals surface area contributed by atoms with Crippen molar-refractivity contribution in [1.29, 1.82) is 0 Å². The molecule has 23 heavy (non-hydrogen) atoms. The van der Waals surface area contributed by atoms with E-state index < -0.39 is 0 Å². The second kappa shape index (κ2) is 5.89. The first-order valence-electron chi connectivity index (χ1n) is 6.94. The molecule has 118 valence electrons. The largest absolute Gasteiger partial charge is 0.396 e.